The Kier molecular flexibility index (Phi) is 8.25. The number of hydrogen-bond acceptors (Lipinski definition) is 14. The SMILES string of the molecule is C[C@H]1O[C@@H](O[C@H]2CC[C@]3(C)C4CC[C@]5(C)[C@@H](C6=CC(=O)OC6)CC[C@]5(O)[C@@]45O[C@H]5C[C@]3(O)C2)C[C@H](O)[C@@H]1O[C@@H]1O[C@H](CO)[C@@H](O)[C@H](O)[C@H]1O. The second-order valence-electron chi connectivity index (χ2n) is 16.7. The molecule has 18 atom stereocenters. The van der Waals surface area contributed by atoms with Crippen LogP contribution < -0.4 is 0 Å². The fourth-order valence-electron chi connectivity index (χ4n) is 11.8. The molecule has 276 valence electrons. The molecule has 49 heavy (non-hydrogen) atoms. The Morgan fingerprint density at radius 1 is 0.918 bits per heavy atom. The quantitative estimate of drug-likeness (QED) is 0.106. The lowest BCUT2D eigenvalue weighted by Crippen LogP contribution is -2.72. The van der Waals surface area contributed by atoms with Gasteiger partial charge >= 0.3 is 5.97 Å². The van der Waals surface area contributed by atoms with Crippen molar-refractivity contribution >= 4 is 5.97 Å². The number of epoxide rings is 1. The molecule has 14 nitrogen and oxygen atoms in total. The normalized spacial score (nSPS) is 58.1. The van der Waals surface area contributed by atoms with Crippen molar-refractivity contribution < 1.29 is 69.0 Å². The van der Waals surface area contributed by atoms with Crippen molar-refractivity contribution in [1.82, 2.24) is 0 Å². The molecule has 3 saturated heterocycles. The van der Waals surface area contributed by atoms with Gasteiger partial charge in [-0.25, -0.2) is 4.79 Å². The molecule has 1 spiro atoms. The lowest BCUT2D eigenvalue weighted by molar-refractivity contribution is -0.345. The summed E-state index contributed by atoms with van der Waals surface area (Å²) in [5.41, 5.74) is -2.96. The molecule has 8 rings (SSSR count). The molecule has 8 aliphatic rings. The van der Waals surface area contributed by atoms with Crippen molar-refractivity contribution in [2.24, 2.45) is 22.7 Å². The molecular weight excluding hydrogens is 644 g/mol. The van der Waals surface area contributed by atoms with E-state index in [9.17, 15) is 40.5 Å². The second kappa shape index (κ2) is 11.6. The number of carbonyl (C=O) groups is 1. The van der Waals surface area contributed by atoms with Crippen LogP contribution >= 0.6 is 0 Å². The second-order valence-corrected chi connectivity index (χ2v) is 16.7. The molecule has 7 N–H and O–H groups in total. The number of hydrogen-bond donors (Lipinski definition) is 7. The largest absolute Gasteiger partial charge is 0.458 e. The molecule has 0 aromatic carbocycles. The number of rotatable bonds is 6. The minimum atomic E-state index is -1.61. The highest BCUT2D eigenvalue weighted by atomic mass is 16.7. The first-order valence-electron chi connectivity index (χ1n) is 18.1. The van der Waals surface area contributed by atoms with E-state index in [1.54, 1.807) is 13.0 Å². The van der Waals surface area contributed by atoms with Crippen molar-refractivity contribution in [2.45, 2.75) is 163 Å². The Bertz CT molecular complexity index is 1350. The van der Waals surface area contributed by atoms with Gasteiger partial charge in [0.05, 0.1) is 36.6 Å². The Labute approximate surface area is 285 Å². The standard InChI is InChI=1S/C35H52O14/c1-16-29(48-30-28(41)27(40)26(39)21(14-36)47-30)20(37)11-25(45-16)46-18-4-7-32(3)22-6-8-31(2)19(17-10-24(38)44-15-17)5-9-34(31,43)35(22)23(49-35)13-33(32,42)12-18/h10,16,18-23,25-30,36-37,39-43H,4-9,11-15H2,1-3H3/t16-,18+,19-,20+,21-,22?,23+,25+,26-,27+,28-,29-,30+,31-,32-,33-,34-,35-/m1/s1. The molecule has 4 heterocycles. The lowest BCUT2D eigenvalue weighted by atomic mass is 9.41. The molecule has 0 bridgehead atoms. The van der Waals surface area contributed by atoms with Gasteiger partial charge in [-0.15, -0.1) is 0 Å². The van der Waals surface area contributed by atoms with Gasteiger partial charge in [-0.1, -0.05) is 13.8 Å². The summed E-state index contributed by atoms with van der Waals surface area (Å²) in [4.78, 5) is 11.9. The molecule has 0 amide bonds. The van der Waals surface area contributed by atoms with Crippen molar-refractivity contribution in [2.75, 3.05) is 13.2 Å². The highest BCUT2D eigenvalue weighted by molar-refractivity contribution is 5.85. The smallest absolute Gasteiger partial charge is 0.331 e. The van der Waals surface area contributed by atoms with E-state index in [1.165, 1.54) is 0 Å². The molecule has 1 unspecified atom stereocenters. The molecule has 4 aliphatic carbocycles. The van der Waals surface area contributed by atoms with E-state index in [4.69, 9.17) is 28.4 Å². The average Bonchev–Trinajstić information content (AvgIpc) is 3.46. The van der Waals surface area contributed by atoms with Crippen LogP contribution in [0, 0.1) is 22.7 Å². The minimum absolute atomic E-state index is 0.0392. The number of fused-ring (bicyclic) bond motifs is 3. The first-order valence-corrected chi connectivity index (χ1v) is 18.1. The zero-order valence-corrected chi connectivity index (χ0v) is 28.3. The number of ether oxygens (including phenoxy) is 6. The fourth-order valence-corrected chi connectivity index (χ4v) is 11.8. The maximum absolute atomic E-state index is 12.7. The summed E-state index contributed by atoms with van der Waals surface area (Å²) in [6.07, 6.45) is -4.86. The first-order chi connectivity index (χ1) is 23.1. The van der Waals surface area contributed by atoms with Gasteiger partial charge in [0.15, 0.2) is 12.6 Å². The average molecular weight is 697 g/mol. The van der Waals surface area contributed by atoms with Gasteiger partial charge in [0.25, 0.3) is 0 Å². The van der Waals surface area contributed by atoms with Crippen molar-refractivity contribution in [1.29, 1.82) is 0 Å². The predicted molar refractivity (Wildman–Crippen MR) is 165 cm³/mol. The molecular formula is C35H52O14. The molecule has 0 aromatic rings. The van der Waals surface area contributed by atoms with Crippen LogP contribution in [0.2, 0.25) is 0 Å². The summed E-state index contributed by atoms with van der Waals surface area (Å²) in [7, 11) is 0. The van der Waals surface area contributed by atoms with E-state index >= 15 is 0 Å². The summed E-state index contributed by atoms with van der Waals surface area (Å²) in [5, 5.41) is 76.3. The topological polar surface area (TPSA) is 217 Å². The Morgan fingerprint density at radius 2 is 1.67 bits per heavy atom. The predicted octanol–water partition coefficient (Wildman–Crippen LogP) is -0.444. The molecule has 0 radical (unpaired) electrons. The Morgan fingerprint density at radius 3 is 2.37 bits per heavy atom. The van der Waals surface area contributed by atoms with E-state index < -0.39 is 89.5 Å². The molecule has 14 heteroatoms. The third-order valence-electron chi connectivity index (χ3n) is 14.5. The monoisotopic (exact) mass is 696 g/mol. The van der Waals surface area contributed by atoms with E-state index in [0.29, 0.717) is 32.1 Å². The molecule has 0 aromatic heterocycles. The van der Waals surface area contributed by atoms with Gasteiger partial charge in [-0.3, -0.25) is 0 Å². The number of carbonyl (C=O) groups excluding carboxylic acids is 1. The van der Waals surface area contributed by atoms with Crippen LogP contribution in [0.5, 0.6) is 0 Å². The summed E-state index contributed by atoms with van der Waals surface area (Å²) in [6.45, 7) is 5.65. The molecule has 4 aliphatic heterocycles. The Balaban J connectivity index is 0.927. The van der Waals surface area contributed by atoms with Crippen LogP contribution in [0.1, 0.15) is 78.6 Å². The van der Waals surface area contributed by atoms with Crippen LogP contribution in [0.15, 0.2) is 11.6 Å². The van der Waals surface area contributed by atoms with Crippen molar-refractivity contribution in [3.63, 3.8) is 0 Å². The van der Waals surface area contributed by atoms with Crippen molar-refractivity contribution in [3.05, 3.63) is 11.6 Å². The zero-order chi connectivity index (χ0) is 34.9. The van der Waals surface area contributed by atoms with Gasteiger partial charge in [-0.2, -0.15) is 0 Å². The molecule has 4 saturated carbocycles. The van der Waals surface area contributed by atoms with Gasteiger partial charge < -0.3 is 64.2 Å². The van der Waals surface area contributed by atoms with E-state index in [-0.39, 0.29) is 43.0 Å². The highest BCUT2D eigenvalue weighted by Gasteiger charge is 2.86. The van der Waals surface area contributed by atoms with Crippen LogP contribution in [-0.4, -0.2) is 139 Å². The summed E-state index contributed by atoms with van der Waals surface area (Å²) >= 11 is 0. The number of esters is 1. The minimum Gasteiger partial charge on any atom is -0.458 e. The van der Waals surface area contributed by atoms with Crippen LogP contribution in [0.4, 0.5) is 0 Å². The first kappa shape index (κ1) is 34.8. The van der Waals surface area contributed by atoms with Gasteiger partial charge in [0.1, 0.15) is 48.3 Å². The maximum atomic E-state index is 12.7. The molecule has 7 fully saturated rings. The number of cyclic esters (lactones) is 1. The zero-order valence-electron chi connectivity index (χ0n) is 28.3. The highest BCUT2D eigenvalue weighted by Crippen LogP contribution is 2.78. The number of aliphatic hydroxyl groups is 7. The van der Waals surface area contributed by atoms with Crippen LogP contribution in [0.25, 0.3) is 0 Å². The van der Waals surface area contributed by atoms with Gasteiger partial charge in [0, 0.05) is 42.1 Å². The third-order valence-corrected chi connectivity index (χ3v) is 14.5. The maximum Gasteiger partial charge on any atom is 0.331 e. The number of aliphatic hydroxyl groups excluding tert-OH is 5. The van der Waals surface area contributed by atoms with Crippen LogP contribution in [0.3, 0.4) is 0 Å². The van der Waals surface area contributed by atoms with E-state index in [0.717, 1.165) is 24.8 Å². The van der Waals surface area contributed by atoms with E-state index in [2.05, 4.69) is 13.8 Å². The summed E-state index contributed by atoms with van der Waals surface area (Å²) in [6, 6.07) is 0. The Hall–Kier alpha value is -1.27. The van der Waals surface area contributed by atoms with Crippen molar-refractivity contribution in [3.8, 4) is 0 Å². The van der Waals surface area contributed by atoms with Gasteiger partial charge in [-0.05, 0) is 56.9 Å². The fraction of sp³-hybridized carbons (Fsp3) is 0.914. The van der Waals surface area contributed by atoms with Crippen LogP contribution in [-0.2, 0) is 33.2 Å². The van der Waals surface area contributed by atoms with E-state index in [1.807, 2.05) is 0 Å². The summed E-state index contributed by atoms with van der Waals surface area (Å²) < 4.78 is 35.7. The summed E-state index contributed by atoms with van der Waals surface area (Å²) in [5.74, 6) is -0.332. The third kappa shape index (κ3) is 4.79. The van der Waals surface area contributed by atoms with Gasteiger partial charge in [0.2, 0.25) is 0 Å². The lowest BCUT2D eigenvalue weighted by Gasteiger charge is -2.64.